The van der Waals surface area contributed by atoms with Gasteiger partial charge in [-0.05, 0) is 0 Å². The predicted octanol–water partition coefficient (Wildman–Crippen LogP) is -0.476. The Morgan fingerprint density at radius 1 is 1.38 bits per heavy atom. The molecule has 0 aliphatic carbocycles. The van der Waals surface area contributed by atoms with Gasteiger partial charge in [0.2, 0.25) is 5.91 Å². The van der Waals surface area contributed by atoms with Gasteiger partial charge in [-0.3, -0.25) is 10.1 Å². The van der Waals surface area contributed by atoms with Crippen LogP contribution in [0.3, 0.4) is 0 Å². The van der Waals surface area contributed by atoms with E-state index in [1.807, 2.05) is 0 Å². The third-order valence-corrected chi connectivity index (χ3v) is 2.23. The number of hydrogen-bond acceptors (Lipinski definition) is 4. The van der Waals surface area contributed by atoms with Crippen molar-refractivity contribution in [3.8, 4) is 0 Å². The van der Waals surface area contributed by atoms with Gasteiger partial charge < -0.3 is 11.1 Å². The Hall–Kier alpha value is -0.750. The molecule has 0 aromatic heterocycles. The molecule has 0 atom stereocenters. The Kier molecular flexibility index (Phi) is 7.42. The fourth-order valence-electron chi connectivity index (χ4n) is 0.602. The van der Waals surface area contributed by atoms with Crippen molar-refractivity contribution in [1.29, 1.82) is 0 Å². The van der Waals surface area contributed by atoms with Crippen LogP contribution in [0.4, 0.5) is 4.79 Å². The summed E-state index contributed by atoms with van der Waals surface area (Å²) in [6, 6.07) is -0.464. The molecule has 3 amide bonds. The first-order valence-corrected chi connectivity index (χ1v) is 5.15. The lowest BCUT2D eigenvalue weighted by Crippen LogP contribution is -2.37. The van der Waals surface area contributed by atoms with Gasteiger partial charge in [-0.15, -0.1) is 0 Å². The van der Waals surface area contributed by atoms with Gasteiger partial charge in [0.05, 0.1) is 0 Å². The average molecular weight is 205 g/mol. The van der Waals surface area contributed by atoms with Crippen LogP contribution >= 0.6 is 11.8 Å². The molecule has 0 heterocycles. The molecule has 6 heteroatoms. The van der Waals surface area contributed by atoms with E-state index in [2.05, 4.69) is 10.6 Å². The van der Waals surface area contributed by atoms with Crippen LogP contribution in [0.25, 0.3) is 0 Å². The summed E-state index contributed by atoms with van der Waals surface area (Å²) in [5, 5.41) is 4.47. The molecule has 13 heavy (non-hydrogen) atoms. The molecule has 0 spiro atoms. The van der Waals surface area contributed by atoms with Gasteiger partial charge in [-0.1, -0.05) is 0 Å². The third kappa shape index (κ3) is 7.61. The molecule has 0 radical (unpaired) electrons. The molecule has 0 unspecified atom stereocenters. The second-order valence-electron chi connectivity index (χ2n) is 2.28. The van der Waals surface area contributed by atoms with Gasteiger partial charge in [0, 0.05) is 31.5 Å². The number of amides is 3. The maximum absolute atomic E-state index is 11.0. The van der Waals surface area contributed by atoms with E-state index in [0.717, 1.165) is 5.75 Å². The number of imide groups is 1. The van der Waals surface area contributed by atoms with Gasteiger partial charge in [0.25, 0.3) is 0 Å². The quantitative estimate of drug-likeness (QED) is 0.529. The van der Waals surface area contributed by atoms with Crippen molar-refractivity contribution in [3.63, 3.8) is 0 Å². The van der Waals surface area contributed by atoms with Crippen LogP contribution in [-0.2, 0) is 4.79 Å². The highest BCUT2D eigenvalue weighted by molar-refractivity contribution is 7.99. The SMILES string of the molecule is CNC(=O)NC(=O)CCSCCN. The van der Waals surface area contributed by atoms with E-state index in [9.17, 15) is 9.59 Å². The number of nitrogens with one attached hydrogen (secondary N) is 2. The topological polar surface area (TPSA) is 84.2 Å². The Labute approximate surface area is 81.8 Å². The Balaban J connectivity index is 3.35. The standard InChI is InChI=1S/C7H15N3O2S/c1-9-7(12)10-6(11)2-4-13-5-3-8/h2-5,8H2,1H3,(H2,9,10,11,12). The van der Waals surface area contributed by atoms with Crippen molar-refractivity contribution in [2.24, 2.45) is 5.73 Å². The second-order valence-corrected chi connectivity index (χ2v) is 3.50. The molecule has 0 rings (SSSR count). The summed E-state index contributed by atoms with van der Waals surface area (Å²) >= 11 is 1.60. The lowest BCUT2D eigenvalue weighted by molar-refractivity contribution is -0.119. The highest BCUT2D eigenvalue weighted by Gasteiger charge is 2.04. The maximum atomic E-state index is 11.0. The van der Waals surface area contributed by atoms with E-state index in [4.69, 9.17) is 5.73 Å². The third-order valence-electron chi connectivity index (χ3n) is 1.22. The molecule has 76 valence electrons. The fraction of sp³-hybridized carbons (Fsp3) is 0.714. The molecule has 0 saturated carbocycles. The summed E-state index contributed by atoms with van der Waals surface area (Å²) in [7, 11) is 1.46. The van der Waals surface area contributed by atoms with Crippen LogP contribution < -0.4 is 16.4 Å². The molecule has 0 bridgehead atoms. The first kappa shape index (κ1) is 12.2. The fourth-order valence-corrected chi connectivity index (χ4v) is 1.30. The molecule has 0 saturated heterocycles. The number of urea groups is 1. The van der Waals surface area contributed by atoms with Crippen molar-refractivity contribution in [1.82, 2.24) is 10.6 Å². The van der Waals surface area contributed by atoms with Crippen LogP contribution in [0.1, 0.15) is 6.42 Å². The number of carbonyl (C=O) groups excluding carboxylic acids is 2. The summed E-state index contributed by atoms with van der Waals surface area (Å²) in [5.74, 6) is 1.27. The van der Waals surface area contributed by atoms with Crippen molar-refractivity contribution in [2.75, 3.05) is 25.1 Å². The van der Waals surface area contributed by atoms with E-state index in [0.29, 0.717) is 18.7 Å². The van der Waals surface area contributed by atoms with Crippen LogP contribution in [0.15, 0.2) is 0 Å². The number of thioether (sulfide) groups is 1. The largest absolute Gasteiger partial charge is 0.341 e. The van der Waals surface area contributed by atoms with Crippen LogP contribution in [0.5, 0.6) is 0 Å². The Morgan fingerprint density at radius 2 is 2.08 bits per heavy atom. The highest BCUT2D eigenvalue weighted by atomic mass is 32.2. The summed E-state index contributed by atoms with van der Waals surface area (Å²) in [6.07, 6.45) is 0.345. The predicted molar refractivity (Wildman–Crippen MR) is 53.6 cm³/mol. The molecule has 0 fully saturated rings. The van der Waals surface area contributed by atoms with Crippen molar-refractivity contribution in [2.45, 2.75) is 6.42 Å². The molecule has 4 N–H and O–H groups in total. The molecular weight excluding hydrogens is 190 g/mol. The molecule has 0 aliphatic heterocycles. The van der Waals surface area contributed by atoms with Crippen LogP contribution in [0, 0.1) is 0 Å². The van der Waals surface area contributed by atoms with Gasteiger partial charge in [-0.2, -0.15) is 11.8 Å². The van der Waals surface area contributed by atoms with Gasteiger partial charge in [-0.25, -0.2) is 4.79 Å². The first-order chi connectivity index (χ1) is 6.20. The molecule has 0 aliphatic rings. The lowest BCUT2D eigenvalue weighted by atomic mass is 10.4. The Morgan fingerprint density at radius 3 is 2.62 bits per heavy atom. The Bertz CT molecular complexity index is 175. The van der Waals surface area contributed by atoms with E-state index >= 15 is 0 Å². The van der Waals surface area contributed by atoms with Crippen molar-refractivity contribution < 1.29 is 9.59 Å². The molecule has 5 nitrogen and oxygen atoms in total. The minimum atomic E-state index is -0.464. The average Bonchev–Trinajstić information content (AvgIpc) is 2.12. The zero-order chi connectivity index (χ0) is 10.1. The van der Waals surface area contributed by atoms with E-state index < -0.39 is 6.03 Å². The van der Waals surface area contributed by atoms with Crippen molar-refractivity contribution in [3.05, 3.63) is 0 Å². The van der Waals surface area contributed by atoms with E-state index in [1.54, 1.807) is 11.8 Å². The summed E-state index contributed by atoms with van der Waals surface area (Å²) in [5.41, 5.74) is 5.26. The summed E-state index contributed by atoms with van der Waals surface area (Å²) in [4.78, 5) is 21.6. The van der Waals surface area contributed by atoms with Gasteiger partial charge >= 0.3 is 6.03 Å². The minimum absolute atomic E-state index is 0.260. The number of hydrogen-bond donors (Lipinski definition) is 3. The number of nitrogens with two attached hydrogens (primary N) is 1. The van der Waals surface area contributed by atoms with Crippen LogP contribution in [-0.4, -0.2) is 37.0 Å². The molecular formula is C7H15N3O2S. The summed E-state index contributed by atoms with van der Waals surface area (Å²) < 4.78 is 0. The van der Waals surface area contributed by atoms with E-state index in [1.165, 1.54) is 7.05 Å². The molecule has 0 aromatic carbocycles. The van der Waals surface area contributed by atoms with Gasteiger partial charge in [0.1, 0.15) is 0 Å². The number of carbonyl (C=O) groups is 2. The highest BCUT2D eigenvalue weighted by Crippen LogP contribution is 1.99. The zero-order valence-corrected chi connectivity index (χ0v) is 8.45. The normalized spacial score (nSPS) is 9.38. The first-order valence-electron chi connectivity index (χ1n) is 4.00. The van der Waals surface area contributed by atoms with Crippen LogP contribution in [0.2, 0.25) is 0 Å². The van der Waals surface area contributed by atoms with Gasteiger partial charge in [0.15, 0.2) is 0 Å². The second kappa shape index (κ2) is 7.88. The van der Waals surface area contributed by atoms with Crippen molar-refractivity contribution >= 4 is 23.7 Å². The van der Waals surface area contributed by atoms with E-state index in [-0.39, 0.29) is 5.91 Å². The maximum Gasteiger partial charge on any atom is 0.321 e. The smallest absolute Gasteiger partial charge is 0.321 e. The minimum Gasteiger partial charge on any atom is -0.341 e. The monoisotopic (exact) mass is 205 g/mol. The zero-order valence-electron chi connectivity index (χ0n) is 7.63. The summed E-state index contributed by atoms with van der Waals surface area (Å²) in [6.45, 7) is 0.613. The number of rotatable bonds is 5. The lowest BCUT2D eigenvalue weighted by Gasteiger charge is -2.02. The molecule has 0 aromatic rings.